The van der Waals surface area contributed by atoms with Crippen LogP contribution in [0.1, 0.15) is 0 Å². The fraction of sp³-hybridized carbons (Fsp3) is 0.111. The topological polar surface area (TPSA) is 117 Å². The number of carboxylic acids is 1. The molecular formula is C9H12ClN3O4. The van der Waals surface area contributed by atoms with Crippen molar-refractivity contribution in [3.63, 3.8) is 0 Å². The third kappa shape index (κ3) is 5.59. The van der Waals surface area contributed by atoms with Crippen molar-refractivity contribution >= 4 is 30.0 Å². The molecule has 0 aromatic heterocycles. The van der Waals surface area contributed by atoms with Gasteiger partial charge in [0.15, 0.2) is 6.61 Å². The van der Waals surface area contributed by atoms with E-state index < -0.39 is 12.6 Å². The quantitative estimate of drug-likeness (QED) is 0.356. The third-order valence-corrected chi connectivity index (χ3v) is 1.56. The second-order valence-corrected chi connectivity index (χ2v) is 2.79. The van der Waals surface area contributed by atoms with Gasteiger partial charge in [0.05, 0.1) is 5.69 Å². The average molecular weight is 262 g/mol. The van der Waals surface area contributed by atoms with Gasteiger partial charge in [0.1, 0.15) is 5.75 Å². The third-order valence-electron chi connectivity index (χ3n) is 1.56. The Hall–Kier alpha value is -1.99. The highest BCUT2D eigenvalue weighted by Gasteiger charge is 1.99. The van der Waals surface area contributed by atoms with E-state index in [1.165, 1.54) is 0 Å². The van der Waals surface area contributed by atoms with E-state index >= 15 is 0 Å². The lowest BCUT2D eigenvalue weighted by Gasteiger charge is -2.03. The molecule has 94 valence electrons. The molecule has 0 atom stereocenters. The smallest absolute Gasteiger partial charge is 0.341 e. The zero-order valence-electron chi connectivity index (χ0n) is 8.66. The number of nitrogens with zero attached hydrogens (tertiary/aromatic N) is 1. The number of aliphatic imine (C=N–C) groups is 1. The Labute approximate surface area is 103 Å². The summed E-state index contributed by atoms with van der Waals surface area (Å²) < 4.78 is 4.91. The molecular weight excluding hydrogens is 250 g/mol. The standard InChI is InChI=1S/C9H11N3O4.ClH/c10-9(12-15)11-6-1-3-7(4-2-6)16-5-8(13)14;/h1-4,15H,5H2,(H,13,14)(H3,10,11,12);1H. The molecule has 17 heavy (non-hydrogen) atoms. The van der Waals surface area contributed by atoms with Crippen LogP contribution in [0.25, 0.3) is 0 Å². The Bertz CT molecular complexity index is 394. The molecule has 1 rings (SSSR count). The largest absolute Gasteiger partial charge is 0.482 e. The number of hydroxylamine groups is 1. The van der Waals surface area contributed by atoms with Crippen LogP contribution in [0, 0.1) is 0 Å². The van der Waals surface area contributed by atoms with Crippen LogP contribution in [0.4, 0.5) is 5.69 Å². The van der Waals surface area contributed by atoms with Gasteiger partial charge in [-0.25, -0.2) is 15.3 Å². The number of hydrogen-bond acceptors (Lipinski definition) is 4. The molecule has 0 fully saturated rings. The number of aliphatic carboxylic acids is 1. The van der Waals surface area contributed by atoms with Crippen LogP contribution in [0.2, 0.25) is 0 Å². The van der Waals surface area contributed by atoms with E-state index in [0.29, 0.717) is 11.4 Å². The highest BCUT2D eigenvalue weighted by molar-refractivity contribution is 5.85. The van der Waals surface area contributed by atoms with Crippen LogP contribution in [-0.4, -0.2) is 28.8 Å². The van der Waals surface area contributed by atoms with E-state index in [2.05, 4.69) is 4.99 Å². The molecule has 0 saturated heterocycles. The van der Waals surface area contributed by atoms with Crippen LogP contribution in [0.3, 0.4) is 0 Å². The van der Waals surface area contributed by atoms with Crippen LogP contribution in [0.5, 0.6) is 5.75 Å². The molecule has 0 aliphatic heterocycles. The summed E-state index contributed by atoms with van der Waals surface area (Å²) in [7, 11) is 0. The minimum atomic E-state index is -1.05. The number of nitrogens with two attached hydrogens (primary N) is 1. The van der Waals surface area contributed by atoms with Gasteiger partial charge in [-0.15, -0.1) is 12.4 Å². The molecule has 8 heteroatoms. The summed E-state index contributed by atoms with van der Waals surface area (Å²) in [6.45, 7) is -0.400. The molecule has 0 bridgehead atoms. The first kappa shape index (κ1) is 15.0. The summed E-state index contributed by atoms with van der Waals surface area (Å²) >= 11 is 0. The van der Waals surface area contributed by atoms with Crippen molar-refractivity contribution in [2.45, 2.75) is 0 Å². The number of nitrogens with one attached hydrogen (secondary N) is 1. The fourth-order valence-corrected chi connectivity index (χ4v) is 0.926. The van der Waals surface area contributed by atoms with E-state index in [-0.39, 0.29) is 18.4 Å². The normalized spacial score (nSPS) is 10.3. The predicted molar refractivity (Wildman–Crippen MR) is 63.0 cm³/mol. The zero-order valence-corrected chi connectivity index (χ0v) is 9.48. The number of benzene rings is 1. The highest BCUT2D eigenvalue weighted by Crippen LogP contribution is 2.17. The Kier molecular flexibility index (Phi) is 6.46. The van der Waals surface area contributed by atoms with Crippen molar-refractivity contribution in [1.82, 2.24) is 5.48 Å². The maximum atomic E-state index is 10.2. The Morgan fingerprint density at radius 3 is 2.47 bits per heavy atom. The van der Waals surface area contributed by atoms with Gasteiger partial charge >= 0.3 is 5.97 Å². The molecule has 0 unspecified atom stereocenters. The second-order valence-electron chi connectivity index (χ2n) is 2.79. The number of rotatable bonds is 4. The van der Waals surface area contributed by atoms with Crippen LogP contribution >= 0.6 is 12.4 Å². The van der Waals surface area contributed by atoms with Gasteiger partial charge in [0, 0.05) is 0 Å². The SMILES string of the molecule is Cl.NC(=Nc1ccc(OCC(=O)O)cc1)NO. The number of halogens is 1. The summed E-state index contributed by atoms with van der Waals surface area (Å²) in [5.74, 6) is -0.771. The first-order valence-electron chi connectivity index (χ1n) is 4.30. The van der Waals surface area contributed by atoms with Gasteiger partial charge in [-0.3, -0.25) is 5.21 Å². The summed E-state index contributed by atoms with van der Waals surface area (Å²) in [5, 5.41) is 16.8. The Morgan fingerprint density at radius 2 is 2.00 bits per heavy atom. The number of guanidine groups is 1. The molecule has 0 amide bonds. The van der Waals surface area contributed by atoms with Gasteiger partial charge in [-0.2, -0.15) is 0 Å². The van der Waals surface area contributed by atoms with Gasteiger partial charge < -0.3 is 15.6 Å². The minimum Gasteiger partial charge on any atom is -0.482 e. The fourth-order valence-electron chi connectivity index (χ4n) is 0.926. The van der Waals surface area contributed by atoms with Crippen LogP contribution in [-0.2, 0) is 4.79 Å². The number of hydrogen-bond donors (Lipinski definition) is 4. The lowest BCUT2D eigenvalue weighted by atomic mass is 10.3. The molecule has 0 radical (unpaired) electrons. The maximum Gasteiger partial charge on any atom is 0.341 e. The summed E-state index contributed by atoms with van der Waals surface area (Å²) in [6, 6.07) is 6.24. The zero-order chi connectivity index (χ0) is 12.0. The molecule has 7 nitrogen and oxygen atoms in total. The van der Waals surface area contributed by atoms with E-state index in [0.717, 1.165) is 0 Å². The summed E-state index contributed by atoms with van der Waals surface area (Å²) in [4.78, 5) is 14.0. The van der Waals surface area contributed by atoms with E-state index in [1.807, 2.05) is 0 Å². The van der Waals surface area contributed by atoms with Gasteiger partial charge in [-0.05, 0) is 24.3 Å². The summed E-state index contributed by atoms with van der Waals surface area (Å²) in [5.41, 5.74) is 7.41. The van der Waals surface area contributed by atoms with Crippen molar-refractivity contribution in [3.05, 3.63) is 24.3 Å². The lowest BCUT2D eigenvalue weighted by molar-refractivity contribution is -0.139. The molecule has 0 saturated carbocycles. The van der Waals surface area contributed by atoms with Crippen molar-refractivity contribution in [2.24, 2.45) is 10.7 Å². The first-order chi connectivity index (χ1) is 7.61. The molecule has 1 aromatic carbocycles. The van der Waals surface area contributed by atoms with Gasteiger partial charge in [-0.1, -0.05) is 0 Å². The van der Waals surface area contributed by atoms with E-state index in [1.54, 1.807) is 29.7 Å². The number of carboxylic acid groups (broad SMARTS) is 1. The predicted octanol–water partition coefficient (Wildman–Crippen LogP) is 0.497. The van der Waals surface area contributed by atoms with Crippen LogP contribution < -0.4 is 16.0 Å². The molecule has 0 aliphatic rings. The van der Waals surface area contributed by atoms with E-state index in [9.17, 15) is 4.79 Å². The molecule has 5 N–H and O–H groups in total. The lowest BCUT2D eigenvalue weighted by Crippen LogP contribution is -2.27. The molecule has 0 spiro atoms. The monoisotopic (exact) mass is 261 g/mol. The second kappa shape index (κ2) is 7.31. The number of ether oxygens (including phenoxy) is 1. The average Bonchev–Trinajstić information content (AvgIpc) is 2.28. The first-order valence-corrected chi connectivity index (χ1v) is 4.30. The van der Waals surface area contributed by atoms with Gasteiger partial charge in [0.2, 0.25) is 5.96 Å². The van der Waals surface area contributed by atoms with E-state index in [4.69, 9.17) is 20.8 Å². The molecule has 0 heterocycles. The number of carbonyl (C=O) groups is 1. The molecule has 1 aromatic rings. The summed E-state index contributed by atoms with van der Waals surface area (Å²) in [6.07, 6.45) is 0. The maximum absolute atomic E-state index is 10.2. The van der Waals surface area contributed by atoms with Crippen molar-refractivity contribution in [2.75, 3.05) is 6.61 Å². The van der Waals surface area contributed by atoms with Crippen molar-refractivity contribution in [3.8, 4) is 5.75 Å². The van der Waals surface area contributed by atoms with Gasteiger partial charge in [0.25, 0.3) is 0 Å². The van der Waals surface area contributed by atoms with Crippen molar-refractivity contribution in [1.29, 1.82) is 0 Å². The Morgan fingerprint density at radius 1 is 1.41 bits per heavy atom. The Balaban J connectivity index is 0.00000256. The minimum absolute atomic E-state index is 0. The molecule has 0 aliphatic carbocycles. The van der Waals surface area contributed by atoms with Crippen molar-refractivity contribution < 1.29 is 19.8 Å². The highest BCUT2D eigenvalue weighted by atomic mass is 35.5. The van der Waals surface area contributed by atoms with Crippen LogP contribution in [0.15, 0.2) is 29.3 Å².